The molecule has 2 heterocycles. The van der Waals surface area contributed by atoms with Crippen molar-refractivity contribution in [2.24, 2.45) is 5.92 Å². The Balaban J connectivity index is 2.12. The topological polar surface area (TPSA) is 83.6 Å². The van der Waals surface area contributed by atoms with E-state index in [1.807, 2.05) is 52.0 Å². The zero-order valence-electron chi connectivity index (χ0n) is 15.4. The summed E-state index contributed by atoms with van der Waals surface area (Å²) in [6, 6.07) is 10.0. The summed E-state index contributed by atoms with van der Waals surface area (Å²) in [5, 5.41) is 17.5. The number of nitriles is 1. The van der Waals surface area contributed by atoms with Crippen molar-refractivity contribution in [2.75, 3.05) is 5.32 Å². The SMILES string of the molecule is Cc1cc(-n2ncc(C#N)c2NC(=O)CC(C)C)nc2c(C)cccc12. The third-order valence-electron chi connectivity index (χ3n) is 4.19. The highest BCUT2D eigenvalue weighted by molar-refractivity contribution is 5.92. The minimum atomic E-state index is -0.146. The van der Waals surface area contributed by atoms with Crippen LogP contribution in [0.4, 0.5) is 5.82 Å². The number of para-hydroxylation sites is 1. The van der Waals surface area contributed by atoms with Gasteiger partial charge >= 0.3 is 0 Å². The largest absolute Gasteiger partial charge is 0.309 e. The summed E-state index contributed by atoms with van der Waals surface area (Å²) in [6.45, 7) is 7.96. The highest BCUT2D eigenvalue weighted by atomic mass is 16.1. The highest BCUT2D eigenvalue weighted by Gasteiger charge is 2.17. The first kappa shape index (κ1) is 17.6. The molecule has 1 N–H and O–H groups in total. The zero-order valence-corrected chi connectivity index (χ0v) is 15.4. The molecule has 0 atom stereocenters. The van der Waals surface area contributed by atoms with Gasteiger partial charge in [-0.15, -0.1) is 0 Å². The lowest BCUT2D eigenvalue weighted by Crippen LogP contribution is -2.17. The summed E-state index contributed by atoms with van der Waals surface area (Å²) in [5.74, 6) is 1.01. The predicted molar refractivity (Wildman–Crippen MR) is 101 cm³/mol. The summed E-state index contributed by atoms with van der Waals surface area (Å²) in [7, 11) is 0. The van der Waals surface area contributed by atoms with Crippen LogP contribution in [0.2, 0.25) is 0 Å². The number of aromatic nitrogens is 3. The van der Waals surface area contributed by atoms with Crippen molar-refractivity contribution >= 4 is 22.6 Å². The maximum absolute atomic E-state index is 12.2. The standard InChI is InChI=1S/C20H21N5O/c1-12(2)8-18(26)24-20-15(10-21)11-22-25(20)17-9-14(4)16-7-5-6-13(3)19(16)23-17/h5-7,9,11-12H,8H2,1-4H3,(H,24,26). The third kappa shape index (κ3) is 3.29. The minimum Gasteiger partial charge on any atom is -0.309 e. The normalized spacial score (nSPS) is 10.9. The molecule has 0 saturated carbocycles. The fourth-order valence-electron chi connectivity index (χ4n) is 2.93. The van der Waals surface area contributed by atoms with E-state index >= 15 is 0 Å². The first-order chi connectivity index (χ1) is 12.4. The summed E-state index contributed by atoms with van der Waals surface area (Å²) < 4.78 is 1.52. The molecule has 6 heteroatoms. The molecule has 6 nitrogen and oxygen atoms in total. The van der Waals surface area contributed by atoms with Gasteiger partial charge < -0.3 is 5.32 Å². The number of pyridine rings is 1. The lowest BCUT2D eigenvalue weighted by Gasteiger charge is -2.12. The van der Waals surface area contributed by atoms with E-state index in [0.717, 1.165) is 22.0 Å². The fraction of sp³-hybridized carbons (Fsp3) is 0.300. The number of rotatable bonds is 4. The van der Waals surface area contributed by atoms with Crippen LogP contribution in [-0.4, -0.2) is 20.7 Å². The second-order valence-corrected chi connectivity index (χ2v) is 6.85. The van der Waals surface area contributed by atoms with Crippen molar-refractivity contribution in [1.82, 2.24) is 14.8 Å². The number of carbonyl (C=O) groups is 1. The van der Waals surface area contributed by atoms with E-state index in [9.17, 15) is 10.1 Å². The number of benzene rings is 1. The number of nitrogens with zero attached hydrogens (tertiary/aromatic N) is 4. The number of aryl methyl sites for hydroxylation is 2. The molecule has 2 aromatic heterocycles. The van der Waals surface area contributed by atoms with E-state index in [0.29, 0.717) is 23.6 Å². The first-order valence-corrected chi connectivity index (χ1v) is 8.56. The van der Waals surface area contributed by atoms with Gasteiger partial charge in [0.2, 0.25) is 5.91 Å². The van der Waals surface area contributed by atoms with Crippen molar-refractivity contribution in [3.8, 4) is 11.9 Å². The highest BCUT2D eigenvalue weighted by Crippen LogP contribution is 2.25. The lowest BCUT2D eigenvalue weighted by atomic mass is 10.1. The number of amides is 1. The van der Waals surface area contributed by atoms with E-state index in [1.54, 1.807) is 0 Å². The second kappa shape index (κ2) is 6.96. The Hall–Kier alpha value is -3.20. The number of fused-ring (bicyclic) bond motifs is 1. The summed E-state index contributed by atoms with van der Waals surface area (Å²) in [5.41, 5.74) is 3.31. The molecular formula is C20H21N5O. The second-order valence-electron chi connectivity index (χ2n) is 6.85. The molecule has 3 aromatic rings. The zero-order chi connectivity index (χ0) is 18.8. The van der Waals surface area contributed by atoms with Crippen molar-refractivity contribution in [3.05, 3.63) is 47.2 Å². The maximum atomic E-state index is 12.2. The van der Waals surface area contributed by atoms with Crippen LogP contribution in [0.25, 0.3) is 16.7 Å². The fourth-order valence-corrected chi connectivity index (χ4v) is 2.93. The van der Waals surface area contributed by atoms with Crippen molar-refractivity contribution < 1.29 is 4.79 Å². The van der Waals surface area contributed by atoms with Crippen LogP contribution in [-0.2, 0) is 4.79 Å². The summed E-state index contributed by atoms with van der Waals surface area (Å²) in [4.78, 5) is 16.9. The van der Waals surface area contributed by atoms with Gasteiger partial charge in [-0.25, -0.2) is 4.98 Å². The average molecular weight is 347 g/mol. The van der Waals surface area contributed by atoms with Gasteiger partial charge in [-0.1, -0.05) is 32.0 Å². The smallest absolute Gasteiger partial charge is 0.225 e. The van der Waals surface area contributed by atoms with Gasteiger partial charge in [0.15, 0.2) is 11.6 Å². The quantitative estimate of drug-likeness (QED) is 0.776. The maximum Gasteiger partial charge on any atom is 0.225 e. The van der Waals surface area contributed by atoms with Crippen LogP contribution in [0.3, 0.4) is 0 Å². The van der Waals surface area contributed by atoms with Gasteiger partial charge in [0.1, 0.15) is 11.6 Å². The van der Waals surface area contributed by atoms with Gasteiger partial charge in [-0.05, 0) is 37.0 Å². The van der Waals surface area contributed by atoms with Crippen molar-refractivity contribution in [2.45, 2.75) is 34.1 Å². The van der Waals surface area contributed by atoms with Crippen LogP contribution in [0.1, 0.15) is 37.0 Å². The van der Waals surface area contributed by atoms with Crippen LogP contribution in [0.15, 0.2) is 30.5 Å². The first-order valence-electron chi connectivity index (χ1n) is 8.56. The predicted octanol–water partition coefficient (Wildman–Crippen LogP) is 3.89. The van der Waals surface area contributed by atoms with Crippen LogP contribution in [0.5, 0.6) is 0 Å². The van der Waals surface area contributed by atoms with E-state index < -0.39 is 0 Å². The molecule has 0 saturated heterocycles. The Morgan fingerprint density at radius 2 is 2.08 bits per heavy atom. The molecular weight excluding hydrogens is 326 g/mol. The number of hydrogen-bond acceptors (Lipinski definition) is 4. The van der Waals surface area contributed by atoms with Crippen molar-refractivity contribution in [1.29, 1.82) is 5.26 Å². The molecule has 0 radical (unpaired) electrons. The monoisotopic (exact) mass is 347 g/mol. The van der Waals surface area contributed by atoms with Gasteiger partial charge in [0.25, 0.3) is 0 Å². The average Bonchev–Trinajstić information content (AvgIpc) is 2.97. The molecule has 0 spiro atoms. The number of nitrogens with one attached hydrogen (secondary N) is 1. The Morgan fingerprint density at radius 1 is 1.31 bits per heavy atom. The molecule has 132 valence electrons. The van der Waals surface area contributed by atoms with Crippen molar-refractivity contribution in [3.63, 3.8) is 0 Å². The van der Waals surface area contributed by atoms with Crippen LogP contribution >= 0.6 is 0 Å². The lowest BCUT2D eigenvalue weighted by molar-refractivity contribution is -0.116. The summed E-state index contributed by atoms with van der Waals surface area (Å²) >= 11 is 0. The Morgan fingerprint density at radius 3 is 2.77 bits per heavy atom. The molecule has 3 rings (SSSR count). The van der Waals surface area contributed by atoms with Crippen LogP contribution < -0.4 is 5.32 Å². The molecule has 0 aliphatic carbocycles. The molecule has 0 aliphatic heterocycles. The van der Waals surface area contributed by atoms with E-state index in [4.69, 9.17) is 4.98 Å². The van der Waals surface area contributed by atoms with Gasteiger partial charge in [-0.3, -0.25) is 4.79 Å². The Bertz CT molecular complexity index is 1030. The molecule has 1 amide bonds. The Kier molecular flexibility index (Phi) is 4.72. The van der Waals surface area contributed by atoms with E-state index in [1.165, 1.54) is 10.9 Å². The molecule has 0 fully saturated rings. The van der Waals surface area contributed by atoms with Gasteiger partial charge in [-0.2, -0.15) is 15.0 Å². The molecule has 0 aliphatic rings. The molecule has 0 bridgehead atoms. The van der Waals surface area contributed by atoms with Gasteiger partial charge in [0, 0.05) is 11.8 Å². The minimum absolute atomic E-state index is 0.146. The van der Waals surface area contributed by atoms with Gasteiger partial charge in [0.05, 0.1) is 11.7 Å². The molecule has 0 unspecified atom stereocenters. The van der Waals surface area contributed by atoms with E-state index in [-0.39, 0.29) is 11.8 Å². The third-order valence-corrected chi connectivity index (χ3v) is 4.19. The number of carbonyl (C=O) groups excluding carboxylic acids is 1. The van der Waals surface area contributed by atoms with Crippen LogP contribution in [0, 0.1) is 31.1 Å². The molecule has 26 heavy (non-hydrogen) atoms. The van der Waals surface area contributed by atoms with E-state index in [2.05, 4.69) is 16.5 Å². The number of anilines is 1. The molecule has 1 aromatic carbocycles. The Labute approximate surface area is 152 Å². The number of hydrogen-bond donors (Lipinski definition) is 1. The summed E-state index contributed by atoms with van der Waals surface area (Å²) in [6.07, 6.45) is 1.82.